The van der Waals surface area contributed by atoms with Gasteiger partial charge in [0.05, 0.1) is 25.6 Å². The van der Waals surface area contributed by atoms with Crippen LogP contribution in [0.15, 0.2) is 36.4 Å². The Morgan fingerprint density at radius 3 is 2.15 bits per heavy atom. The first-order chi connectivity index (χ1) is 19.0. The maximum atomic E-state index is 13.3. The average Bonchev–Trinajstić information content (AvgIpc) is 3.84. The van der Waals surface area contributed by atoms with Crippen LogP contribution in [0.4, 0.5) is 11.4 Å². The van der Waals surface area contributed by atoms with Crippen LogP contribution in [0.3, 0.4) is 0 Å². The lowest BCUT2D eigenvalue weighted by atomic mass is 10.1. The molecule has 208 valence electrons. The lowest BCUT2D eigenvalue weighted by molar-refractivity contribution is -0.117. The topological polar surface area (TPSA) is 103 Å². The Balaban J connectivity index is 1.31. The molecule has 0 bridgehead atoms. The molecule has 0 aromatic heterocycles. The first kappa shape index (κ1) is 26.8. The summed E-state index contributed by atoms with van der Waals surface area (Å²) >= 11 is 0. The fourth-order valence-electron chi connectivity index (χ4n) is 5.16. The third kappa shape index (κ3) is 6.11. The Kier molecular flexibility index (Phi) is 8.21. The van der Waals surface area contributed by atoms with Crippen LogP contribution in [0.2, 0.25) is 0 Å². The van der Waals surface area contributed by atoms with Gasteiger partial charge in [0, 0.05) is 62.9 Å². The minimum absolute atomic E-state index is 0.00193. The van der Waals surface area contributed by atoms with E-state index < -0.39 is 0 Å². The van der Waals surface area contributed by atoms with Gasteiger partial charge in [-0.2, -0.15) is 0 Å². The number of benzene rings is 2. The molecule has 0 unspecified atom stereocenters. The Morgan fingerprint density at radius 2 is 1.46 bits per heavy atom. The van der Waals surface area contributed by atoms with Crippen LogP contribution in [0.1, 0.15) is 40.0 Å². The van der Waals surface area contributed by atoms with Crippen LogP contribution in [-0.2, 0) is 4.79 Å². The summed E-state index contributed by atoms with van der Waals surface area (Å²) in [4.78, 5) is 45.1. The lowest BCUT2D eigenvalue weighted by Gasteiger charge is -2.37. The van der Waals surface area contributed by atoms with Crippen molar-refractivity contribution in [3.63, 3.8) is 0 Å². The van der Waals surface area contributed by atoms with E-state index in [4.69, 9.17) is 9.47 Å². The van der Waals surface area contributed by atoms with E-state index in [1.807, 2.05) is 28.0 Å². The summed E-state index contributed by atoms with van der Waals surface area (Å²) in [5, 5.41) is 6.42. The van der Waals surface area contributed by atoms with Crippen molar-refractivity contribution in [1.82, 2.24) is 15.1 Å². The van der Waals surface area contributed by atoms with Crippen molar-refractivity contribution in [3.05, 3.63) is 47.5 Å². The largest absolute Gasteiger partial charge is 0.493 e. The summed E-state index contributed by atoms with van der Waals surface area (Å²) in [7, 11) is 3.11. The fraction of sp³-hybridized carbons (Fsp3) is 0.483. The van der Waals surface area contributed by atoms with Gasteiger partial charge in [-0.25, -0.2) is 0 Å². The molecule has 2 N–H and O–H groups in total. The molecule has 1 saturated carbocycles. The molecule has 39 heavy (non-hydrogen) atoms. The lowest BCUT2D eigenvalue weighted by Crippen LogP contribution is -2.49. The number of rotatable bonds is 7. The molecule has 2 aromatic rings. The Morgan fingerprint density at radius 1 is 0.795 bits per heavy atom. The highest BCUT2D eigenvalue weighted by Gasteiger charge is 2.31. The average molecular weight is 536 g/mol. The number of piperazine rings is 1. The number of hydrogen-bond acceptors (Lipinski definition) is 7. The molecule has 0 atom stereocenters. The molecular weight excluding hydrogens is 498 g/mol. The van der Waals surface area contributed by atoms with Crippen LogP contribution in [-0.4, -0.2) is 94.1 Å². The number of carbonyl (C=O) groups excluding carboxylic acids is 3. The van der Waals surface area contributed by atoms with Crippen molar-refractivity contribution in [2.24, 2.45) is 5.92 Å². The quantitative estimate of drug-likeness (QED) is 0.561. The Labute approximate surface area is 229 Å². The molecule has 2 heterocycles. The standard InChI is InChI=1S/C29H37N5O5/c1-38-25-9-7-22(19-26(25)39-2)29(37)34-16-14-32(15-17-34)24-8-6-21(18-23(24)31-27(35)20-4-5-20)28(36)33-12-3-10-30-11-13-33/h6-9,18-20,30H,3-5,10-17H2,1-2H3,(H,31,35). The SMILES string of the molecule is COc1ccc(C(=O)N2CCN(c3ccc(C(=O)N4CCCNCC4)cc3NC(=O)C3CC3)CC2)cc1OC. The van der Waals surface area contributed by atoms with E-state index in [0.717, 1.165) is 38.0 Å². The first-order valence-corrected chi connectivity index (χ1v) is 13.7. The zero-order valence-corrected chi connectivity index (χ0v) is 22.7. The number of nitrogens with one attached hydrogen (secondary N) is 2. The smallest absolute Gasteiger partial charge is 0.254 e. The van der Waals surface area contributed by atoms with Gasteiger partial charge in [0.15, 0.2) is 11.5 Å². The first-order valence-electron chi connectivity index (χ1n) is 13.7. The molecule has 3 fully saturated rings. The number of ether oxygens (including phenoxy) is 2. The minimum Gasteiger partial charge on any atom is -0.493 e. The second-order valence-corrected chi connectivity index (χ2v) is 10.2. The van der Waals surface area contributed by atoms with Gasteiger partial charge in [-0.15, -0.1) is 0 Å². The summed E-state index contributed by atoms with van der Waals surface area (Å²) in [5.74, 6) is 1.06. The Hall–Kier alpha value is -3.79. The maximum Gasteiger partial charge on any atom is 0.254 e. The summed E-state index contributed by atoms with van der Waals surface area (Å²) in [6, 6.07) is 10.8. The van der Waals surface area contributed by atoms with E-state index in [1.54, 1.807) is 32.4 Å². The van der Waals surface area contributed by atoms with Crippen LogP contribution in [0, 0.1) is 5.92 Å². The molecule has 5 rings (SSSR count). The molecule has 1 aliphatic carbocycles. The summed E-state index contributed by atoms with van der Waals surface area (Å²) in [5.41, 5.74) is 2.65. The van der Waals surface area contributed by atoms with Gasteiger partial charge in [-0.1, -0.05) is 0 Å². The number of carbonyl (C=O) groups is 3. The van der Waals surface area contributed by atoms with Crippen LogP contribution in [0.5, 0.6) is 11.5 Å². The van der Waals surface area contributed by atoms with Gasteiger partial charge < -0.3 is 34.8 Å². The molecule has 0 spiro atoms. The maximum absolute atomic E-state index is 13.3. The molecule has 10 heteroatoms. The highest BCUT2D eigenvalue weighted by molar-refractivity contribution is 6.01. The van der Waals surface area contributed by atoms with Crippen molar-refractivity contribution < 1.29 is 23.9 Å². The minimum atomic E-state index is -0.0641. The fourth-order valence-corrected chi connectivity index (χ4v) is 5.16. The van der Waals surface area contributed by atoms with Crippen LogP contribution in [0.25, 0.3) is 0 Å². The second kappa shape index (κ2) is 11.9. The van der Waals surface area contributed by atoms with Gasteiger partial charge in [0.2, 0.25) is 5.91 Å². The molecule has 2 aliphatic heterocycles. The van der Waals surface area contributed by atoms with E-state index in [0.29, 0.717) is 67.6 Å². The zero-order valence-electron chi connectivity index (χ0n) is 22.7. The number of amides is 3. The number of methoxy groups -OCH3 is 2. The van der Waals surface area contributed by atoms with Crippen molar-refractivity contribution >= 4 is 29.1 Å². The normalized spacial score (nSPS) is 17.8. The van der Waals surface area contributed by atoms with E-state index >= 15 is 0 Å². The van der Waals surface area contributed by atoms with Crippen molar-refractivity contribution in [2.45, 2.75) is 19.3 Å². The van der Waals surface area contributed by atoms with E-state index in [9.17, 15) is 14.4 Å². The van der Waals surface area contributed by atoms with E-state index in [1.165, 1.54) is 0 Å². The number of hydrogen-bond donors (Lipinski definition) is 2. The molecule has 10 nitrogen and oxygen atoms in total. The van der Waals surface area contributed by atoms with Crippen LogP contribution < -0.4 is 25.0 Å². The molecule has 3 aliphatic rings. The van der Waals surface area contributed by atoms with E-state index in [-0.39, 0.29) is 23.6 Å². The second-order valence-electron chi connectivity index (χ2n) is 10.2. The molecule has 2 saturated heterocycles. The van der Waals surface area contributed by atoms with Gasteiger partial charge in [0.1, 0.15) is 0 Å². The predicted molar refractivity (Wildman–Crippen MR) is 149 cm³/mol. The highest BCUT2D eigenvalue weighted by atomic mass is 16.5. The Bertz CT molecular complexity index is 1210. The summed E-state index contributed by atoms with van der Waals surface area (Å²) in [6.45, 7) is 5.35. The molecule has 3 amide bonds. The van der Waals surface area contributed by atoms with Gasteiger partial charge >= 0.3 is 0 Å². The number of anilines is 2. The van der Waals surface area contributed by atoms with Gasteiger partial charge in [0.25, 0.3) is 11.8 Å². The van der Waals surface area contributed by atoms with Crippen molar-refractivity contribution in [1.29, 1.82) is 0 Å². The monoisotopic (exact) mass is 535 g/mol. The summed E-state index contributed by atoms with van der Waals surface area (Å²) in [6.07, 6.45) is 2.72. The van der Waals surface area contributed by atoms with Crippen LogP contribution >= 0.6 is 0 Å². The predicted octanol–water partition coefficient (Wildman–Crippen LogP) is 2.45. The van der Waals surface area contributed by atoms with Gasteiger partial charge in [-0.05, 0) is 62.2 Å². The van der Waals surface area contributed by atoms with Crippen molar-refractivity contribution in [2.75, 3.05) is 76.8 Å². The third-order valence-electron chi connectivity index (χ3n) is 7.61. The molecular formula is C29H37N5O5. The third-order valence-corrected chi connectivity index (χ3v) is 7.61. The highest BCUT2D eigenvalue weighted by Crippen LogP contribution is 2.34. The molecule has 0 radical (unpaired) electrons. The number of nitrogens with zero attached hydrogens (tertiary/aromatic N) is 3. The van der Waals surface area contributed by atoms with E-state index in [2.05, 4.69) is 15.5 Å². The zero-order chi connectivity index (χ0) is 27.4. The molecule has 2 aromatic carbocycles. The van der Waals surface area contributed by atoms with Crippen molar-refractivity contribution in [3.8, 4) is 11.5 Å². The van der Waals surface area contributed by atoms with Gasteiger partial charge in [-0.3, -0.25) is 14.4 Å². The summed E-state index contributed by atoms with van der Waals surface area (Å²) < 4.78 is 10.6.